The Hall–Kier alpha value is -1.26. The number of carbonyl (C=O) groups is 1. The molecule has 0 saturated carbocycles. The maximum absolute atomic E-state index is 12.1. The third kappa shape index (κ3) is 3.89. The van der Waals surface area contributed by atoms with Crippen LogP contribution >= 0.6 is 23.2 Å². The zero-order chi connectivity index (χ0) is 15.6. The molecule has 1 aromatic heterocycles. The van der Waals surface area contributed by atoms with Crippen LogP contribution in [-0.4, -0.2) is 22.0 Å². The van der Waals surface area contributed by atoms with E-state index in [-0.39, 0.29) is 17.8 Å². The van der Waals surface area contributed by atoms with E-state index in [1.165, 1.54) is 0 Å². The van der Waals surface area contributed by atoms with Crippen molar-refractivity contribution in [2.24, 2.45) is 5.92 Å². The summed E-state index contributed by atoms with van der Waals surface area (Å²) in [4.78, 5) is 16.6. The smallest absolute Gasteiger partial charge is 0.240 e. The van der Waals surface area contributed by atoms with Gasteiger partial charge in [-0.05, 0) is 31.0 Å². The van der Waals surface area contributed by atoms with Crippen LogP contribution in [0, 0.1) is 5.92 Å². The molecule has 1 N–H and O–H groups in total. The molecule has 1 unspecified atom stereocenters. The summed E-state index contributed by atoms with van der Waals surface area (Å²) in [6.45, 7) is 6.81. The lowest BCUT2D eigenvalue weighted by molar-refractivity contribution is -0.121. The molecule has 0 aliphatic carbocycles. The molecule has 0 bridgehead atoms. The first-order valence-corrected chi connectivity index (χ1v) is 7.76. The number of rotatable bonds is 5. The summed E-state index contributed by atoms with van der Waals surface area (Å²) in [5.41, 5.74) is 1.61. The van der Waals surface area contributed by atoms with Crippen molar-refractivity contribution in [3.8, 4) is 0 Å². The third-order valence-corrected chi connectivity index (χ3v) is 3.54. The van der Waals surface area contributed by atoms with E-state index in [2.05, 4.69) is 24.1 Å². The van der Waals surface area contributed by atoms with Crippen LogP contribution in [0.25, 0.3) is 11.0 Å². The molecule has 2 rings (SSSR count). The second-order valence-corrected chi connectivity index (χ2v) is 6.59. The minimum atomic E-state index is -0.283. The number of fused-ring (bicyclic) bond motifs is 1. The summed E-state index contributed by atoms with van der Waals surface area (Å²) in [6.07, 6.45) is 0. The summed E-state index contributed by atoms with van der Waals surface area (Å²) in [5.74, 6) is 1.05. The number of imidazole rings is 1. The van der Waals surface area contributed by atoms with Crippen LogP contribution < -0.4 is 5.32 Å². The molecule has 21 heavy (non-hydrogen) atoms. The van der Waals surface area contributed by atoms with Gasteiger partial charge in [0.05, 0.1) is 16.4 Å². The molecule has 1 amide bonds. The van der Waals surface area contributed by atoms with Crippen LogP contribution in [0.5, 0.6) is 0 Å². The molecule has 0 fully saturated rings. The third-order valence-electron chi connectivity index (χ3n) is 3.10. The normalized spacial score (nSPS) is 12.9. The van der Waals surface area contributed by atoms with E-state index in [4.69, 9.17) is 23.2 Å². The first kappa shape index (κ1) is 16.1. The minimum absolute atomic E-state index is 0.0449. The standard InChI is InChI=1S/C15H19Cl2N3O/c1-9(2)7-18-14(21)8-20-13-5-4-11(17)6-12(13)19-15(20)10(3)16/h4-6,9-10H,7-8H2,1-3H3,(H,18,21). The molecular weight excluding hydrogens is 309 g/mol. The molecule has 1 aromatic carbocycles. The monoisotopic (exact) mass is 327 g/mol. The number of alkyl halides is 1. The Morgan fingerprint density at radius 1 is 1.38 bits per heavy atom. The van der Waals surface area contributed by atoms with Gasteiger partial charge in [-0.1, -0.05) is 25.4 Å². The quantitative estimate of drug-likeness (QED) is 0.850. The Morgan fingerprint density at radius 2 is 2.10 bits per heavy atom. The van der Waals surface area contributed by atoms with Crippen molar-refractivity contribution in [1.82, 2.24) is 14.9 Å². The maximum atomic E-state index is 12.1. The van der Waals surface area contributed by atoms with E-state index in [1.54, 1.807) is 12.1 Å². The van der Waals surface area contributed by atoms with Crippen molar-refractivity contribution < 1.29 is 4.79 Å². The van der Waals surface area contributed by atoms with Crippen LogP contribution in [0.3, 0.4) is 0 Å². The number of halogens is 2. The number of nitrogens with one attached hydrogen (secondary N) is 1. The van der Waals surface area contributed by atoms with Gasteiger partial charge in [-0.15, -0.1) is 11.6 Å². The molecule has 0 radical (unpaired) electrons. The lowest BCUT2D eigenvalue weighted by Gasteiger charge is -2.12. The lowest BCUT2D eigenvalue weighted by Crippen LogP contribution is -2.31. The first-order valence-electron chi connectivity index (χ1n) is 6.95. The second-order valence-electron chi connectivity index (χ2n) is 5.50. The number of carbonyl (C=O) groups excluding carboxylic acids is 1. The fourth-order valence-corrected chi connectivity index (χ4v) is 2.44. The Kier molecular flexibility index (Phi) is 5.12. The van der Waals surface area contributed by atoms with Gasteiger partial charge in [0.15, 0.2) is 0 Å². The van der Waals surface area contributed by atoms with Gasteiger partial charge in [0, 0.05) is 11.6 Å². The van der Waals surface area contributed by atoms with E-state index in [9.17, 15) is 4.79 Å². The van der Waals surface area contributed by atoms with Crippen molar-refractivity contribution in [2.75, 3.05) is 6.54 Å². The van der Waals surface area contributed by atoms with Crippen LogP contribution in [0.1, 0.15) is 32.0 Å². The molecule has 1 atom stereocenters. The van der Waals surface area contributed by atoms with Crippen molar-refractivity contribution in [2.45, 2.75) is 32.7 Å². The van der Waals surface area contributed by atoms with Gasteiger partial charge in [0.25, 0.3) is 0 Å². The van der Waals surface area contributed by atoms with Crippen molar-refractivity contribution in [3.63, 3.8) is 0 Å². The van der Waals surface area contributed by atoms with E-state index < -0.39 is 0 Å². The van der Waals surface area contributed by atoms with Crippen molar-refractivity contribution in [3.05, 3.63) is 29.0 Å². The van der Waals surface area contributed by atoms with Crippen molar-refractivity contribution >= 4 is 40.1 Å². The highest BCUT2D eigenvalue weighted by Gasteiger charge is 2.17. The zero-order valence-electron chi connectivity index (χ0n) is 12.4. The second kappa shape index (κ2) is 6.67. The molecule has 0 aliphatic heterocycles. The number of nitrogens with zero attached hydrogens (tertiary/aromatic N) is 2. The highest BCUT2D eigenvalue weighted by Crippen LogP contribution is 2.26. The summed E-state index contributed by atoms with van der Waals surface area (Å²) in [6, 6.07) is 5.43. The predicted octanol–water partition coefficient (Wildman–Crippen LogP) is 3.76. The van der Waals surface area contributed by atoms with Crippen LogP contribution in [-0.2, 0) is 11.3 Å². The maximum Gasteiger partial charge on any atom is 0.240 e. The average molecular weight is 328 g/mol. The molecule has 114 valence electrons. The molecule has 0 saturated heterocycles. The topological polar surface area (TPSA) is 46.9 Å². The summed E-state index contributed by atoms with van der Waals surface area (Å²) in [7, 11) is 0. The largest absolute Gasteiger partial charge is 0.354 e. The Morgan fingerprint density at radius 3 is 2.71 bits per heavy atom. The minimum Gasteiger partial charge on any atom is -0.354 e. The SMILES string of the molecule is CC(C)CNC(=O)Cn1c(C(C)Cl)nc2cc(Cl)ccc21. The van der Waals surface area contributed by atoms with E-state index in [0.29, 0.717) is 23.3 Å². The first-order chi connectivity index (χ1) is 9.88. The lowest BCUT2D eigenvalue weighted by atomic mass is 10.2. The van der Waals surface area contributed by atoms with Gasteiger partial charge < -0.3 is 9.88 Å². The van der Waals surface area contributed by atoms with E-state index in [0.717, 1.165) is 11.0 Å². The molecule has 0 aliphatic rings. The molecule has 4 nitrogen and oxygen atoms in total. The van der Waals surface area contributed by atoms with Gasteiger partial charge in [-0.25, -0.2) is 4.98 Å². The highest BCUT2D eigenvalue weighted by molar-refractivity contribution is 6.31. The molecule has 0 spiro atoms. The number of aromatic nitrogens is 2. The average Bonchev–Trinajstić information content (AvgIpc) is 2.74. The van der Waals surface area contributed by atoms with Crippen LogP contribution in [0.15, 0.2) is 18.2 Å². The van der Waals surface area contributed by atoms with Gasteiger partial charge in [0.1, 0.15) is 12.4 Å². The Labute approximate surface area is 134 Å². The Balaban J connectivity index is 2.32. The van der Waals surface area contributed by atoms with Gasteiger partial charge >= 0.3 is 0 Å². The Bertz CT molecular complexity index is 650. The molecular formula is C15H19Cl2N3O. The number of hydrogen-bond acceptors (Lipinski definition) is 2. The summed E-state index contributed by atoms with van der Waals surface area (Å²) >= 11 is 12.2. The number of benzene rings is 1. The zero-order valence-corrected chi connectivity index (χ0v) is 13.9. The molecule has 6 heteroatoms. The summed E-state index contributed by atoms with van der Waals surface area (Å²) in [5, 5.41) is 3.24. The highest BCUT2D eigenvalue weighted by atomic mass is 35.5. The fourth-order valence-electron chi connectivity index (χ4n) is 2.11. The number of amides is 1. The fraction of sp³-hybridized carbons (Fsp3) is 0.467. The van der Waals surface area contributed by atoms with Crippen LogP contribution in [0.4, 0.5) is 0 Å². The van der Waals surface area contributed by atoms with Gasteiger partial charge in [-0.2, -0.15) is 0 Å². The van der Waals surface area contributed by atoms with E-state index in [1.807, 2.05) is 17.6 Å². The molecule has 2 aromatic rings. The van der Waals surface area contributed by atoms with E-state index >= 15 is 0 Å². The number of hydrogen-bond donors (Lipinski definition) is 1. The van der Waals surface area contributed by atoms with Crippen LogP contribution in [0.2, 0.25) is 5.02 Å². The summed E-state index contributed by atoms with van der Waals surface area (Å²) < 4.78 is 1.85. The predicted molar refractivity (Wildman–Crippen MR) is 86.9 cm³/mol. The van der Waals surface area contributed by atoms with Gasteiger partial charge in [0.2, 0.25) is 5.91 Å². The van der Waals surface area contributed by atoms with Crippen molar-refractivity contribution in [1.29, 1.82) is 0 Å². The van der Waals surface area contributed by atoms with Gasteiger partial charge in [-0.3, -0.25) is 4.79 Å². The molecule has 1 heterocycles.